The van der Waals surface area contributed by atoms with Gasteiger partial charge in [-0.1, -0.05) is 0 Å². The van der Waals surface area contributed by atoms with Crippen molar-refractivity contribution in [3.63, 3.8) is 0 Å². The van der Waals surface area contributed by atoms with Crippen LogP contribution in [-0.2, 0) is 11.3 Å². The van der Waals surface area contributed by atoms with Crippen LogP contribution in [0.2, 0.25) is 0 Å². The highest BCUT2D eigenvalue weighted by atomic mass is 32.1. The predicted octanol–water partition coefficient (Wildman–Crippen LogP) is 2.77. The molecule has 2 heterocycles. The first kappa shape index (κ1) is 13.9. The highest BCUT2D eigenvalue weighted by Crippen LogP contribution is 2.50. The van der Waals surface area contributed by atoms with Crippen LogP contribution in [0, 0.1) is 12.8 Å². The second kappa shape index (κ2) is 5.37. The van der Waals surface area contributed by atoms with Crippen molar-refractivity contribution in [2.75, 3.05) is 0 Å². The number of aromatic carboxylic acids is 1. The zero-order valence-corrected chi connectivity index (χ0v) is 12.3. The van der Waals surface area contributed by atoms with Gasteiger partial charge in [-0.25, -0.2) is 4.79 Å². The molecule has 21 heavy (non-hydrogen) atoms. The van der Waals surface area contributed by atoms with Crippen molar-refractivity contribution in [3.8, 4) is 0 Å². The van der Waals surface area contributed by atoms with Gasteiger partial charge in [-0.15, -0.1) is 11.3 Å². The molecule has 0 aromatic carbocycles. The molecule has 2 atom stereocenters. The molecule has 1 aliphatic carbocycles. The average molecular weight is 305 g/mol. The van der Waals surface area contributed by atoms with Gasteiger partial charge in [0.1, 0.15) is 5.76 Å². The normalized spacial score (nSPS) is 20.2. The fraction of sp³-hybridized carbons (Fsp3) is 0.333. The summed E-state index contributed by atoms with van der Waals surface area (Å²) >= 11 is 1.70. The van der Waals surface area contributed by atoms with Gasteiger partial charge in [-0.2, -0.15) is 0 Å². The fourth-order valence-electron chi connectivity index (χ4n) is 2.43. The molecule has 0 aliphatic heterocycles. The van der Waals surface area contributed by atoms with E-state index in [0.717, 1.165) is 6.42 Å². The lowest BCUT2D eigenvalue weighted by Crippen LogP contribution is -2.24. The van der Waals surface area contributed by atoms with Gasteiger partial charge in [0.2, 0.25) is 11.7 Å². The number of carbonyl (C=O) groups excluding carboxylic acids is 1. The van der Waals surface area contributed by atoms with E-state index in [1.54, 1.807) is 17.4 Å². The summed E-state index contributed by atoms with van der Waals surface area (Å²) in [5.41, 5.74) is 1.25. The number of hydrogen-bond donors (Lipinski definition) is 2. The zero-order chi connectivity index (χ0) is 15.0. The summed E-state index contributed by atoms with van der Waals surface area (Å²) in [5, 5.41) is 13.6. The monoisotopic (exact) mass is 305 g/mol. The van der Waals surface area contributed by atoms with Crippen LogP contribution in [0.1, 0.15) is 39.1 Å². The first-order valence-electron chi connectivity index (χ1n) is 6.70. The van der Waals surface area contributed by atoms with E-state index in [1.165, 1.54) is 16.5 Å². The lowest BCUT2D eigenvalue weighted by Gasteiger charge is -2.02. The minimum atomic E-state index is -1.11. The van der Waals surface area contributed by atoms with Crippen LogP contribution in [0.3, 0.4) is 0 Å². The molecule has 5 nitrogen and oxygen atoms in total. The number of rotatable bonds is 5. The van der Waals surface area contributed by atoms with Gasteiger partial charge in [-0.3, -0.25) is 4.79 Å². The SMILES string of the molecule is Cc1ccsc1[C@H]1C[C@H]1C(=O)NCc1ccc(C(=O)O)o1. The number of aryl methyl sites for hydroxylation is 1. The van der Waals surface area contributed by atoms with Crippen LogP contribution in [0.4, 0.5) is 0 Å². The fourth-order valence-corrected chi connectivity index (χ4v) is 3.54. The molecular weight excluding hydrogens is 290 g/mol. The minimum absolute atomic E-state index is 0.000995. The number of furan rings is 1. The van der Waals surface area contributed by atoms with Crippen LogP contribution >= 0.6 is 11.3 Å². The molecule has 1 amide bonds. The molecule has 0 saturated heterocycles. The van der Waals surface area contributed by atoms with Gasteiger partial charge in [-0.05, 0) is 42.5 Å². The quantitative estimate of drug-likeness (QED) is 0.890. The molecule has 0 radical (unpaired) electrons. The van der Waals surface area contributed by atoms with Crippen LogP contribution in [0.15, 0.2) is 28.0 Å². The maximum atomic E-state index is 12.1. The van der Waals surface area contributed by atoms with E-state index in [9.17, 15) is 9.59 Å². The average Bonchev–Trinajstić information content (AvgIpc) is 2.89. The highest BCUT2D eigenvalue weighted by Gasteiger charge is 2.45. The smallest absolute Gasteiger partial charge is 0.371 e. The van der Waals surface area contributed by atoms with E-state index in [1.807, 2.05) is 5.38 Å². The Morgan fingerprint density at radius 2 is 2.24 bits per heavy atom. The summed E-state index contributed by atoms with van der Waals surface area (Å²) < 4.78 is 5.10. The molecular formula is C15H15NO4S. The van der Waals surface area contributed by atoms with Crippen LogP contribution in [-0.4, -0.2) is 17.0 Å². The molecule has 1 aliphatic rings. The van der Waals surface area contributed by atoms with E-state index >= 15 is 0 Å². The molecule has 2 aromatic heterocycles. The van der Waals surface area contributed by atoms with Crippen molar-refractivity contribution in [3.05, 3.63) is 45.5 Å². The largest absolute Gasteiger partial charge is 0.475 e. The number of carboxylic acids is 1. The second-order valence-corrected chi connectivity index (χ2v) is 6.15. The number of carboxylic acid groups (broad SMARTS) is 1. The molecule has 2 N–H and O–H groups in total. The van der Waals surface area contributed by atoms with Gasteiger partial charge in [0.05, 0.1) is 6.54 Å². The predicted molar refractivity (Wildman–Crippen MR) is 77.4 cm³/mol. The first-order valence-corrected chi connectivity index (χ1v) is 7.58. The Labute approximate surface area is 125 Å². The summed E-state index contributed by atoms with van der Waals surface area (Å²) in [4.78, 5) is 24.1. The molecule has 1 fully saturated rings. The Hall–Kier alpha value is -2.08. The molecule has 2 aromatic rings. The van der Waals surface area contributed by atoms with Gasteiger partial charge in [0.25, 0.3) is 0 Å². The first-order chi connectivity index (χ1) is 10.1. The van der Waals surface area contributed by atoms with E-state index in [2.05, 4.69) is 18.3 Å². The molecule has 0 unspecified atom stereocenters. The Bertz CT molecular complexity index is 687. The number of nitrogens with one attached hydrogen (secondary N) is 1. The third kappa shape index (κ3) is 2.85. The molecule has 0 spiro atoms. The van der Waals surface area contributed by atoms with Crippen LogP contribution in [0.25, 0.3) is 0 Å². The lowest BCUT2D eigenvalue weighted by molar-refractivity contribution is -0.122. The minimum Gasteiger partial charge on any atom is -0.475 e. The number of amides is 1. The van der Waals surface area contributed by atoms with E-state index < -0.39 is 5.97 Å². The Morgan fingerprint density at radius 1 is 1.43 bits per heavy atom. The summed E-state index contributed by atoms with van der Waals surface area (Å²) in [7, 11) is 0. The number of thiophene rings is 1. The lowest BCUT2D eigenvalue weighted by atomic mass is 10.2. The topological polar surface area (TPSA) is 79.5 Å². The standard InChI is InChI=1S/C15H15NO4S/c1-8-4-5-21-13(8)10-6-11(10)14(17)16-7-9-2-3-12(20-9)15(18)19/h2-5,10-11H,6-7H2,1H3,(H,16,17)(H,18,19)/t10-,11+/m0/s1. The Kier molecular flexibility index (Phi) is 3.55. The van der Waals surface area contributed by atoms with Crippen molar-refractivity contribution in [1.29, 1.82) is 0 Å². The van der Waals surface area contributed by atoms with E-state index in [4.69, 9.17) is 9.52 Å². The third-order valence-corrected chi connectivity index (χ3v) is 4.83. The second-order valence-electron chi connectivity index (χ2n) is 5.21. The molecule has 3 rings (SSSR count). The molecule has 0 bridgehead atoms. The Balaban J connectivity index is 1.53. The van der Waals surface area contributed by atoms with Crippen LogP contribution in [0.5, 0.6) is 0 Å². The molecule has 6 heteroatoms. The van der Waals surface area contributed by atoms with Crippen LogP contribution < -0.4 is 5.32 Å². The van der Waals surface area contributed by atoms with E-state index in [-0.39, 0.29) is 24.1 Å². The van der Waals surface area contributed by atoms with Crippen molar-refractivity contribution < 1.29 is 19.1 Å². The summed E-state index contributed by atoms with van der Waals surface area (Å²) in [6, 6.07) is 5.03. The number of hydrogen-bond acceptors (Lipinski definition) is 4. The van der Waals surface area contributed by atoms with Gasteiger partial charge < -0.3 is 14.8 Å². The molecule has 110 valence electrons. The summed E-state index contributed by atoms with van der Waals surface area (Å²) in [5.74, 6) is -0.417. The van der Waals surface area contributed by atoms with Crippen molar-refractivity contribution in [1.82, 2.24) is 5.32 Å². The summed E-state index contributed by atoms with van der Waals surface area (Å²) in [6.45, 7) is 2.29. The molecule has 1 saturated carbocycles. The van der Waals surface area contributed by atoms with E-state index in [0.29, 0.717) is 11.7 Å². The third-order valence-electron chi connectivity index (χ3n) is 3.67. The van der Waals surface area contributed by atoms with Gasteiger partial charge in [0, 0.05) is 16.7 Å². The maximum Gasteiger partial charge on any atom is 0.371 e. The number of carbonyl (C=O) groups is 2. The highest BCUT2D eigenvalue weighted by molar-refractivity contribution is 7.10. The zero-order valence-electron chi connectivity index (χ0n) is 11.5. The van der Waals surface area contributed by atoms with Crippen molar-refractivity contribution in [2.45, 2.75) is 25.8 Å². The van der Waals surface area contributed by atoms with Crippen molar-refractivity contribution in [2.24, 2.45) is 5.92 Å². The Morgan fingerprint density at radius 3 is 2.86 bits per heavy atom. The summed E-state index contributed by atoms with van der Waals surface area (Å²) in [6.07, 6.45) is 0.881. The van der Waals surface area contributed by atoms with Gasteiger partial charge in [0.15, 0.2) is 0 Å². The maximum absolute atomic E-state index is 12.1. The van der Waals surface area contributed by atoms with Crippen molar-refractivity contribution >= 4 is 23.2 Å². The van der Waals surface area contributed by atoms with Gasteiger partial charge >= 0.3 is 5.97 Å².